The molecule has 0 radical (unpaired) electrons. The van der Waals surface area contributed by atoms with E-state index in [1.807, 2.05) is 12.3 Å². The maximum atomic E-state index is 6.22. The molecule has 3 heteroatoms. The van der Waals surface area contributed by atoms with Gasteiger partial charge in [-0.2, -0.15) is 0 Å². The van der Waals surface area contributed by atoms with E-state index >= 15 is 0 Å². The highest BCUT2D eigenvalue weighted by molar-refractivity contribution is 6.31. The summed E-state index contributed by atoms with van der Waals surface area (Å²) in [7, 11) is 0. The molecule has 1 fully saturated rings. The van der Waals surface area contributed by atoms with Crippen LogP contribution < -0.4 is 5.73 Å². The third-order valence-corrected chi connectivity index (χ3v) is 3.46. The van der Waals surface area contributed by atoms with Crippen molar-refractivity contribution in [1.82, 2.24) is 4.98 Å². The Kier molecular flexibility index (Phi) is 3.60. The molecule has 0 atom stereocenters. The summed E-state index contributed by atoms with van der Waals surface area (Å²) < 4.78 is 0. The summed E-state index contributed by atoms with van der Waals surface area (Å²) in [5.74, 6) is 0.568. The monoisotopic (exact) mass is 224 g/mol. The Hall–Kier alpha value is -0.600. The molecule has 82 valence electrons. The largest absolute Gasteiger partial charge is 0.326 e. The van der Waals surface area contributed by atoms with Gasteiger partial charge in [0.05, 0.1) is 10.7 Å². The number of rotatable bonds is 2. The topological polar surface area (TPSA) is 38.9 Å². The zero-order chi connectivity index (χ0) is 10.7. The molecule has 0 bridgehead atoms. The predicted molar refractivity (Wildman–Crippen MR) is 63.0 cm³/mol. The van der Waals surface area contributed by atoms with Crippen molar-refractivity contribution < 1.29 is 0 Å². The van der Waals surface area contributed by atoms with Gasteiger partial charge in [0.1, 0.15) is 0 Å². The van der Waals surface area contributed by atoms with Crippen LogP contribution in [0.25, 0.3) is 0 Å². The van der Waals surface area contributed by atoms with Crippen LogP contribution in [0.4, 0.5) is 0 Å². The molecule has 0 saturated heterocycles. The van der Waals surface area contributed by atoms with Gasteiger partial charge in [-0.1, -0.05) is 30.9 Å². The number of halogens is 1. The third-order valence-electron chi connectivity index (χ3n) is 3.15. The normalized spacial score (nSPS) is 18.0. The van der Waals surface area contributed by atoms with Crippen molar-refractivity contribution in [3.8, 4) is 0 Å². The van der Waals surface area contributed by atoms with E-state index in [0.717, 1.165) is 16.3 Å². The van der Waals surface area contributed by atoms with Crippen LogP contribution in [0, 0.1) is 0 Å². The molecule has 2 N–H and O–H groups in total. The summed E-state index contributed by atoms with van der Waals surface area (Å²) >= 11 is 6.22. The summed E-state index contributed by atoms with van der Waals surface area (Å²) in [6, 6.07) is 1.96. The van der Waals surface area contributed by atoms with E-state index in [1.54, 1.807) is 0 Å². The SMILES string of the molecule is NCc1cnc(C2CCCCC2)c(Cl)c1. The van der Waals surface area contributed by atoms with Gasteiger partial charge in [-0.25, -0.2) is 0 Å². The fourth-order valence-electron chi connectivity index (χ4n) is 2.28. The molecule has 0 amide bonds. The lowest BCUT2D eigenvalue weighted by Crippen LogP contribution is -2.08. The molecule has 1 aromatic rings. The Balaban J connectivity index is 2.19. The van der Waals surface area contributed by atoms with Crippen molar-refractivity contribution >= 4 is 11.6 Å². The lowest BCUT2D eigenvalue weighted by molar-refractivity contribution is 0.436. The minimum Gasteiger partial charge on any atom is -0.326 e. The first kappa shape index (κ1) is 10.9. The highest BCUT2D eigenvalue weighted by Crippen LogP contribution is 2.34. The van der Waals surface area contributed by atoms with Crippen LogP contribution in [0.1, 0.15) is 49.3 Å². The van der Waals surface area contributed by atoms with E-state index in [1.165, 1.54) is 32.1 Å². The van der Waals surface area contributed by atoms with E-state index < -0.39 is 0 Å². The summed E-state index contributed by atoms with van der Waals surface area (Å²) in [5, 5.41) is 0.796. The van der Waals surface area contributed by atoms with Crippen LogP contribution in [0.15, 0.2) is 12.3 Å². The van der Waals surface area contributed by atoms with Crippen molar-refractivity contribution in [2.45, 2.75) is 44.6 Å². The highest BCUT2D eigenvalue weighted by atomic mass is 35.5. The standard InChI is InChI=1S/C12H17ClN2/c13-11-6-9(7-14)8-15-12(11)10-4-2-1-3-5-10/h6,8,10H,1-5,7,14H2. The first-order chi connectivity index (χ1) is 7.31. The van der Waals surface area contributed by atoms with E-state index in [9.17, 15) is 0 Å². The number of hydrogen-bond acceptors (Lipinski definition) is 2. The molecule has 2 nitrogen and oxygen atoms in total. The van der Waals surface area contributed by atoms with Crippen molar-refractivity contribution in [1.29, 1.82) is 0 Å². The fraction of sp³-hybridized carbons (Fsp3) is 0.583. The predicted octanol–water partition coefficient (Wildman–Crippen LogP) is 3.24. The van der Waals surface area contributed by atoms with Gasteiger partial charge >= 0.3 is 0 Å². The molecular formula is C12H17ClN2. The van der Waals surface area contributed by atoms with Crippen LogP contribution in [-0.4, -0.2) is 4.98 Å². The Morgan fingerprint density at radius 3 is 2.67 bits per heavy atom. The van der Waals surface area contributed by atoms with Crippen LogP contribution in [0.2, 0.25) is 5.02 Å². The lowest BCUT2D eigenvalue weighted by Gasteiger charge is -2.22. The second-order valence-corrected chi connectivity index (χ2v) is 4.66. The zero-order valence-electron chi connectivity index (χ0n) is 8.88. The van der Waals surface area contributed by atoms with Crippen molar-refractivity contribution in [3.05, 3.63) is 28.5 Å². The number of nitrogens with zero attached hydrogens (tertiary/aromatic N) is 1. The quantitative estimate of drug-likeness (QED) is 0.838. The second-order valence-electron chi connectivity index (χ2n) is 4.25. The van der Waals surface area contributed by atoms with E-state index in [4.69, 9.17) is 17.3 Å². The van der Waals surface area contributed by atoms with E-state index in [2.05, 4.69) is 4.98 Å². The summed E-state index contributed by atoms with van der Waals surface area (Å²) in [6.07, 6.45) is 8.29. The lowest BCUT2D eigenvalue weighted by atomic mass is 9.86. The van der Waals surface area contributed by atoms with Gasteiger partial charge in [-0.3, -0.25) is 4.98 Å². The van der Waals surface area contributed by atoms with Gasteiger partial charge in [0.2, 0.25) is 0 Å². The minimum atomic E-state index is 0.512. The van der Waals surface area contributed by atoms with Gasteiger partial charge in [-0.15, -0.1) is 0 Å². The molecule has 0 spiro atoms. The molecule has 1 aliphatic carbocycles. The summed E-state index contributed by atoms with van der Waals surface area (Å²) in [4.78, 5) is 4.46. The van der Waals surface area contributed by atoms with Crippen molar-refractivity contribution in [2.75, 3.05) is 0 Å². The molecule has 15 heavy (non-hydrogen) atoms. The molecular weight excluding hydrogens is 208 g/mol. The Morgan fingerprint density at radius 1 is 1.33 bits per heavy atom. The van der Waals surface area contributed by atoms with Gasteiger partial charge in [-0.05, 0) is 24.5 Å². The highest BCUT2D eigenvalue weighted by Gasteiger charge is 2.19. The van der Waals surface area contributed by atoms with Gasteiger partial charge in [0.25, 0.3) is 0 Å². The van der Waals surface area contributed by atoms with Gasteiger partial charge < -0.3 is 5.73 Å². The van der Waals surface area contributed by atoms with Crippen molar-refractivity contribution in [3.63, 3.8) is 0 Å². The summed E-state index contributed by atoms with van der Waals surface area (Å²) in [5.41, 5.74) is 7.64. The molecule has 2 rings (SSSR count). The van der Waals surface area contributed by atoms with Gasteiger partial charge in [0, 0.05) is 18.7 Å². The number of aromatic nitrogens is 1. The Morgan fingerprint density at radius 2 is 2.07 bits per heavy atom. The van der Waals surface area contributed by atoms with Crippen LogP contribution >= 0.6 is 11.6 Å². The summed E-state index contributed by atoms with van der Waals surface area (Å²) in [6.45, 7) is 0.512. The Labute approximate surface area is 95.8 Å². The molecule has 1 aromatic heterocycles. The molecule has 1 saturated carbocycles. The molecule has 1 heterocycles. The zero-order valence-corrected chi connectivity index (χ0v) is 9.63. The average molecular weight is 225 g/mol. The molecule has 0 aliphatic heterocycles. The average Bonchev–Trinajstić information content (AvgIpc) is 2.30. The first-order valence-electron chi connectivity index (χ1n) is 5.65. The van der Waals surface area contributed by atoms with E-state index in [0.29, 0.717) is 12.5 Å². The van der Waals surface area contributed by atoms with Crippen LogP contribution in [0.3, 0.4) is 0 Å². The van der Waals surface area contributed by atoms with E-state index in [-0.39, 0.29) is 0 Å². The molecule has 1 aliphatic rings. The number of pyridine rings is 1. The molecule has 0 unspecified atom stereocenters. The number of nitrogens with two attached hydrogens (primary N) is 1. The smallest absolute Gasteiger partial charge is 0.0627 e. The molecule has 0 aromatic carbocycles. The van der Waals surface area contributed by atoms with Crippen LogP contribution in [0.5, 0.6) is 0 Å². The second kappa shape index (κ2) is 4.95. The fourth-order valence-corrected chi connectivity index (χ4v) is 2.62. The van der Waals surface area contributed by atoms with Crippen molar-refractivity contribution in [2.24, 2.45) is 5.73 Å². The first-order valence-corrected chi connectivity index (χ1v) is 6.03. The van der Waals surface area contributed by atoms with Crippen LogP contribution in [-0.2, 0) is 6.54 Å². The Bertz CT molecular complexity index is 332. The maximum absolute atomic E-state index is 6.22. The third kappa shape index (κ3) is 2.50. The number of hydrogen-bond donors (Lipinski definition) is 1. The van der Waals surface area contributed by atoms with Gasteiger partial charge in [0.15, 0.2) is 0 Å². The maximum Gasteiger partial charge on any atom is 0.0627 e. The minimum absolute atomic E-state index is 0.512.